The van der Waals surface area contributed by atoms with Crippen molar-refractivity contribution in [2.75, 3.05) is 11.6 Å². The van der Waals surface area contributed by atoms with Crippen LogP contribution in [-0.2, 0) is 9.84 Å². The van der Waals surface area contributed by atoms with Crippen LogP contribution in [0.3, 0.4) is 0 Å². The van der Waals surface area contributed by atoms with Crippen molar-refractivity contribution < 1.29 is 17.6 Å². The molecule has 0 aliphatic heterocycles. The summed E-state index contributed by atoms with van der Waals surface area (Å²) < 4.78 is 40.4. The van der Waals surface area contributed by atoms with Crippen molar-refractivity contribution in [3.05, 3.63) is 83.4 Å². The highest BCUT2D eigenvalue weighted by atomic mass is 32.2. The van der Waals surface area contributed by atoms with Gasteiger partial charge in [-0.1, -0.05) is 12.1 Å². The normalized spacial score (nSPS) is 11.6. The van der Waals surface area contributed by atoms with E-state index in [4.69, 9.17) is 0 Å². The van der Waals surface area contributed by atoms with Gasteiger partial charge in [0.2, 0.25) is 0 Å². The van der Waals surface area contributed by atoms with E-state index in [1.54, 1.807) is 22.3 Å². The Balaban J connectivity index is 1.55. The smallest absolute Gasteiger partial charge is 0.276 e. The van der Waals surface area contributed by atoms with Gasteiger partial charge in [-0.2, -0.15) is 5.10 Å². The number of carbonyl (C=O) groups is 1. The minimum Gasteiger partial charge on any atom is -0.318 e. The molecule has 2 aromatic carbocycles. The van der Waals surface area contributed by atoms with Gasteiger partial charge in [-0.05, 0) is 55.5 Å². The van der Waals surface area contributed by atoms with Crippen LogP contribution in [0, 0.1) is 12.7 Å². The molecular formula is C24H18FN5O3S2. The Bertz CT molecular complexity index is 1710. The summed E-state index contributed by atoms with van der Waals surface area (Å²) in [6.45, 7) is 1.85. The number of pyridine rings is 1. The number of nitrogens with one attached hydrogen (secondary N) is 1. The third-order valence-corrected chi connectivity index (χ3v) is 7.18. The molecule has 176 valence electrons. The Morgan fingerprint density at radius 3 is 2.66 bits per heavy atom. The Kier molecular flexibility index (Phi) is 5.65. The largest absolute Gasteiger partial charge is 0.318 e. The van der Waals surface area contributed by atoms with Crippen LogP contribution in [0.5, 0.6) is 0 Å². The molecule has 5 rings (SSSR count). The number of aryl methyl sites for hydroxylation is 1. The average molecular weight is 508 g/mol. The molecule has 0 saturated heterocycles. The molecule has 0 atom stereocenters. The minimum atomic E-state index is -3.58. The van der Waals surface area contributed by atoms with Crippen LogP contribution < -0.4 is 5.32 Å². The zero-order valence-electron chi connectivity index (χ0n) is 18.6. The first kappa shape index (κ1) is 22.8. The van der Waals surface area contributed by atoms with Gasteiger partial charge in [-0.25, -0.2) is 27.5 Å². The molecule has 8 nitrogen and oxygen atoms in total. The maximum atomic E-state index is 14.5. The second kappa shape index (κ2) is 8.67. The molecule has 0 aliphatic carbocycles. The molecule has 11 heteroatoms. The van der Waals surface area contributed by atoms with Crippen LogP contribution in [0.25, 0.3) is 27.3 Å². The van der Waals surface area contributed by atoms with Gasteiger partial charge in [-0.3, -0.25) is 4.79 Å². The summed E-state index contributed by atoms with van der Waals surface area (Å²) in [5, 5.41) is 6.93. The molecule has 0 saturated carbocycles. The number of hydrogen-bond donors (Lipinski definition) is 1. The molecule has 3 heterocycles. The summed E-state index contributed by atoms with van der Waals surface area (Å²) in [4.78, 5) is 21.7. The van der Waals surface area contributed by atoms with Crippen molar-refractivity contribution in [3.8, 4) is 17.1 Å². The van der Waals surface area contributed by atoms with Crippen molar-refractivity contribution >= 4 is 43.0 Å². The molecule has 0 spiro atoms. The van der Waals surface area contributed by atoms with Gasteiger partial charge in [0, 0.05) is 17.5 Å². The first-order valence-corrected chi connectivity index (χ1v) is 13.1. The Morgan fingerprint density at radius 2 is 1.91 bits per heavy atom. The van der Waals surface area contributed by atoms with Crippen LogP contribution in [0.4, 0.5) is 10.1 Å². The van der Waals surface area contributed by atoms with E-state index >= 15 is 0 Å². The molecule has 3 aromatic heterocycles. The maximum absolute atomic E-state index is 14.5. The van der Waals surface area contributed by atoms with Gasteiger partial charge < -0.3 is 5.32 Å². The van der Waals surface area contributed by atoms with Crippen LogP contribution in [0.15, 0.2) is 71.1 Å². The van der Waals surface area contributed by atoms with E-state index in [9.17, 15) is 17.6 Å². The standard InChI is InChI=1S/C24H18FN5O3S2/c1-14-4-3-5-23(27-14)30-21(15-6-8-19-22(10-15)34-13-26-19)12-20(29-30)24(31)28-18-9-7-16(11-17(18)25)35(2,32)33/h3-13H,1-2H3,(H,28,31). The summed E-state index contributed by atoms with van der Waals surface area (Å²) in [6, 6.07) is 16.1. The Labute approximate surface area is 204 Å². The summed E-state index contributed by atoms with van der Waals surface area (Å²) in [5.41, 5.74) is 4.72. The number of aromatic nitrogens is 4. The van der Waals surface area contributed by atoms with Gasteiger partial charge in [0.1, 0.15) is 5.82 Å². The lowest BCUT2D eigenvalue weighted by Crippen LogP contribution is -2.14. The van der Waals surface area contributed by atoms with Crippen molar-refractivity contribution in [1.82, 2.24) is 19.7 Å². The van der Waals surface area contributed by atoms with Crippen molar-refractivity contribution in [1.29, 1.82) is 0 Å². The summed E-state index contributed by atoms with van der Waals surface area (Å²) in [6.07, 6.45) is 0.983. The number of rotatable bonds is 5. The molecule has 1 N–H and O–H groups in total. The number of hydrogen-bond acceptors (Lipinski definition) is 7. The summed E-state index contributed by atoms with van der Waals surface area (Å²) >= 11 is 1.50. The lowest BCUT2D eigenvalue weighted by molar-refractivity contribution is 0.102. The van der Waals surface area contributed by atoms with Crippen molar-refractivity contribution in [2.45, 2.75) is 11.8 Å². The topological polar surface area (TPSA) is 107 Å². The maximum Gasteiger partial charge on any atom is 0.276 e. The van der Waals surface area contributed by atoms with E-state index in [0.29, 0.717) is 11.5 Å². The number of sulfone groups is 1. The molecule has 0 fully saturated rings. The first-order chi connectivity index (χ1) is 16.7. The summed E-state index contributed by atoms with van der Waals surface area (Å²) in [5.74, 6) is -0.994. The van der Waals surface area contributed by atoms with E-state index in [-0.39, 0.29) is 16.3 Å². The molecular weight excluding hydrogens is 489 g/mol. The van der Waals surface area contributed by atoms with Crippen molar-refractivity contribution in [3.63, 3.8) is 0 Å². The average Bonchev–Trinajstić information content (AvgIpc) is 3.46. The lowest BCUT2D eigenvalue weighted by Gasteiger charge is -2.07. The Hall–Kier alpha value is -3.96. The van der Waals surface area contributed by atoms with Gasteiger partial charge in [0.05, 0.1) is 32.0 Å². The second-order valence-electron chi connectivity index (χ2n) is 7.87. The van der Waals surface area contributed by atoms with Crippen LogP contribution >= 0.6 is 11.3 Å². The fourth-order valence-corrected chi connectivity index (χ4v) is 4.90. The first-order valence-electron chi connectivity index (χ1n) is 10.4. The zero-order chi connectivity index (χ0) is 24.7. The monoisotopic (exact) mass is 507 g/mol. The highest BCUT2D eigenvalue weighted by Crippen LogP contribution is 2.29. The number of thiazole rings is 1. The molecule has 1 amide bonds. The van der Waals surface area contributed by atoms with Gasteiger partial charge in [0.15, 0.2) is 21.3 Å². The summed E-state index contributed by atoms with van der Waals surface area (Å²) in [7, 11) is -3.58. The van der Waals surface area contributed by atoms with Crippen LogP contribution in [-0.4, -0.2) is 40.3 Å². The van der Waals surface area contributed by atoms with Crippen LogP contribution in [0.1, 0.15) is 16.2 Å². The van der Waals surface area contributed by atoms with E-state index in [0.717, 1.165) is 33.8 Å². The third-order valence-electron chi connectivity index (χ3n) is 5.28. The zero-order valence-corrected chi connectivity index (χ0v) is 20.2. The Morgan fingerprint density at radius 1 is 1.09 bits per heavy atom. The number of amides is 1. The molecule has 0 radical (unpaired) electrons. The van der Waals surface area contributed by atoms with Crippen molar-refractivity contribution in [2.24, 2.45) is 0 Å². The highest BCUT2D eigenvalue weighted by molar-refractivity contribution is 7.90. The fraction of sp³-hybridized carbons (Fsp3) is 0.0833. The van der Waals surface area contributed by atoms with E-state index in [1.165, 1.54) is 23.5 Å². The predicted molar refractivity (Wildman–Crippen MR) is 132 cm³/mol. The molecule has 5 aromatic rings. The molecule has 35 heavy (non-hydrogen) atoms. The second-order valence-corrected chi connectivity index (χ2v) is 10.8. The molecule has 0 aliphatic rings. The fourth-order valence-electron chi connectivity index (χ4n) is 3.55. The quantitative estimate of drug-likeness (QED) is 0.371. The number of anilines is 1. The van der Waals surface area contributed by atoms with E-state index < -0.39 is 21.6 Å². The third kappa shape index (κ3) is 4.55. The molecule has 0 unspecified atom stereocenters. The number of benzene rings is 2. The van der Waals surface area contributed by atoms with E-state index in [1.807, 2.05) is 37.3 Å². The van der Waals surface area contributed by atoms with Gasteiger partial charge >= 0.3 is 0 Å². The highest BCUT2D eigenvalue weighted by Gasteiger charge is 2.20. The minimum absolute atomic E-state index is 0.0410. The van der Waals surface area contributed by atoms with E-state index in [2.05, 4.69) is 20.4 Å². The van der Waals surface area contributed by atoms with Gasteiger partial charge in [-0.15, -0.1) is 11.3 Å². The molecule has 0 bridgehead atoms. The SMILES string of the molecule is Cc1cccc(-n2nc(C(=O)Nc3ccc(S(C)(=O)=O)cc3F)cc2-c2ccc3ncsc3c2)n1. The number of nitrogens with zero attached hydrogens (tertiary/aromatic N) is 4. The number of fused-ring (bicyclic) bond motifs is 1. The van der Waals surface area contributed by atoms with Gasteiger partial charge in [0.25, 0.3) is 5.91 Å². The number of carbonyl (C=O) groups excluding carboxylic acids is 1. The number of halogens is 1. The predicted octanol–water partition coefficient (Wildman–Crippen LogP) is 4.65. The van der Waals surface area contributed by atoms with Crippen LogP contribution in [0.2, 0.25) is 0 Å². The lowest BCUT2D eigenvalue weighted by atomic mass is 10.1.